The number of benzene rings is 1. The Hall–Kier alpha value is -2.89. The van der Waals surface area contributed by atoms with Crippen LogP contribution >= 0.6 is 0 Å². The summed E-state index contributed by atoms with van der Waals surface area (Å²) in [5, 5.41) is 2.95. The molecule has 1 N–H and O–H groups in total. The number of piperazine rings is 1. The summed E-state index contributed by atoms with van der Waals surface area (Å²) in [7, 11) is 0. The van der Waals surface area contributed by atoms with E-state index in [2.05, 4.69) is 27.3 Å². The Balaban J connectivity index is 1.44. The lowest BCUT2D eigenvalue weighted by Crippen LogP contribution is -2.48. The summed E-state index contributed by atoms with van der Waals surface area (Å²) in [5.41, 5.74) is 1.85. The van der Waals surface area contributed by atoms with Crippen molar-refractivity contribution in [2.24, 2.45) is 0 Å². The minimum absolute atomic E-state index is 0.0940. The topological polar surface area (TPSA) is 65.5 Å². The average molecular weight is 366 g/mol. The second-order valence-electron chi connectivity index (χ2n) is 6.74. The molecule has 0 bridgehead atoms. The third-order valence-corrected chi connectivity index (χ3v) is 4.83. The fraction of sp³-hybridized carbons (Fsp3) is 0.381. The van der Waals surface area contributed by atoms with Gasteiger partial charge in [-0.3, -0.25) is 9.59 Å². The van der Waals surface area contributed by atoms with Crippen LogP contribution in [-0.4, -0.2) is 54.4 Å². The summed E-state index contributed by atoms with van der Waals surface area (Å²) in [6.45, 7) is 5.18. The molecular formula is C21H26N4O2. The maximum atomic E-state index is 12.3. The number of aromatic nitrogens is 1. The van der Waals surface area contributed by atoms with E-state index in [1.54, 1.807) is 13.1 Å². The van der Waals surface area contributed by atoms with Gasteiger partial charge in [0.2, 0.25) is 5.91 Å². The van der Waals surface area contributed by atoms with Gasteiger partial charge >= 0.3 is 0 Å². The van der Waals surface area contributed by atoms with Crippen LogP contribution in [0.2, 0.25) is 0 Å². The zero-order valence-corrected chi connectivity index (χ0v) is 15.7. The molecule has 27 heavy (non-hydrogen) atoms. The number of nitrogens with one attached hydrogen (secondary N) is 1. The number of carbonyl (C=O) groups excluding carboxylic acids is 2. The normalized spacial score (nSPS) is 14.1. The smallest absolute Gasteiger partial charge is 0.252 e. The molecule has 2 aromatic rings. The van der Waals surface area contributed by atoms with E-state index in [0.29, 0.717) is 25.2 Å². The largest absolute Gasteiger partial charge is 0.353 e. The van der Waals surface area contributed by atoms with Gasteiger partial charge in [0, 0.05) is 45.8 Å². The molecule has 0 spiro atoms. The summed E-state index contributed by atoms with van der Waals surface area (Å²) in [6, 6.07) is 13.9. The van der Waals surface area contributed by atoms with Crippen LogP contribution in [0.3, 0.4) is 0 Å². The Labute approximate surface area is 160 Å². The molecule has 0 saturated carbocycles. The molecular weight excluding hydrogens is 340 g/mol. The summed E-state index contributed by atoms with van der Waals surface area (Å²) in [6.07, 6.45) is 3.48. The summed E-state index contributed by atoms with van der Waals surface area (Å²) < 4.78 is 0. The van der Waals surface area contributed by atoms with E-state index in [0.717, 1.165) is 31.7 Å². The number of hydrogen-bond acceptors (Lipinski definition) is 4. The molecule has 0 atom stereocenters. The van der Waals surface area contributed by atoms with E-state index >= 15 is 0 Å². The zero-order chi connectivity index (χ0) is 19.1. The molecule has 1 fully saturated rings. The fourth-order valence-corrected chi connectivity index (χ4v) is 3.20. The van der Waals surface area contributed by atoms with Gasteiger partial charge in [-0.05, 0) is 30.5 Å². The van der Waals surface area contributed by atoms with Gasteiger partial charge in [-0.1, -0.05) is 30.3 Å². The summed E-state index contributed by atoms with van der Waals surface area (Å²) in [4.78, 5) is 32.1. The fourth-order valence-electron chi connectivity index (χ4n) is 3.20. The predicted octanol–water partition coefficient (Wildman–Crippen LogP) is 2.11. The number of carbonyl (C=O) groups is 2. The van der Waals surface area contributed by atoms with Crippen LogP contribution in [0.1, 0.15) is 29.3 Å². The average Bonchev–Trinajstić information content (AvgIpc) is 2.72. The monoisotopic (exact) mass is 366 g/mol. The van der Waals surface area contributed by atoms with Crippen LogP contribution < -0.4 is 10.2 Å². The van der Waals surface area contributed by atoms with Gasteiger partial charge < -0.3 is 15.1 Å². The minimum atomic E-state index is -0.0940. The molecule has 6 heteroatoms. The van der Waals surface area contributed by atoms with E-state index in [4.69, 9.17) is 0 Å². The molecule has 0 unspecified atom stereocenters. The lowest BCUT2D eigenvalue weighted by molar-refractivity contribution is -0.129. The molecule has 2 heterocycles. The van der Waals surface area contributed by atoms with E-state index < -0.39 is 0 Å². The van der Waals surface area contributed by atoms with Crippen LogP contribution in [-0.2, 0) is 11.2 Å². The van der Waals surface area contributed by atoms with E-state index in [1.165, 1.54) is 5.56 Å². The van der Waals surface area contributed by atoms with Crippen LogP contribution in [0.25, 0.3) is 0 Å². The van der Waals surface area contributed by atoms with Gasteiger partial charge in [-0.15, -0.1) is 0 Å². The number of anilines is 1. The highest BCUT2D eigenvalue weighted by Gasteiger charge is 2.19. The van der Waals surface area contributed by atoms with Gasteiger partial charge in [0.1, 0.15) is 5.82 Å². The first-order valence-electron chi connectivity index (χ1n) is 9.42. The molecule has 1 saturated heterocycles. The second kappa shape index (κ2) is 9.16. The molecule has 1 aromatic carbocycles. The molecule has 1 aromatic heterocycles. The molecule has 1 aliphatic heterocycles. The van der Waals surface area contributed by atoms with E-state index in [1.807, 2.05) is 35.2 Å². The van der Waals surface area contributed by atoms with Crippen LogP contribution in [0.5, 0.6) is 0 Å². The Kier molecular flexibility index (Phi) is 6.41. The van der Waals surface area contributed by atoms with Gasteiger partial charge in [0.05, 0.1) is 5.56 Å². The maximum Gasteiger partial charge on any atom is 0.252 e. The van der Waals surface area contributed by atoms with Crippen molar-refractivity contribution in [2.75, 3.05) is 37.6 Å². The number of nitrogens with zero attached hydrogens (tertiary/aromatic N) is 3. The van der Waals surface area contributed by atoms with Crippen LogP contribution in [0, 0.1) is 0 Å². The molecule has 142 valence electrons. The summed E-state index contributed by atoms with van der Waals surface area (Å²) >= 11 is 0. The van der Waals surface area contributed by atoms with Crippen molar-refractivity contribution in [1.82, 2.24) is 15.2 Å². The van der Waals surface area contributed by atoms with Crippen molar-refractivity contribution < 1.29 is 9.59 Å². The van der Waals surface area contributed by atoms with Crippen molar-refractivity contribution in [3.63, 3.8) is 0 Å². The quantitative estimate of drug-likeness (QED) is 0.796. The SMILES string of the molecule is CC(=O)N1CCN(c2ccc(C(=O)NCCCc3ccccc3)cn2)CC1. The molecule has 3 rings (SSSR count). The Morgan fingerprint density at radius 2 is 1.78 bits per heavy atom. The highest BCUT2D eigenvalue weighted by molar-refractivity contribution is 5.94. The van der Waals surface area contributed by atoms with Crippen LogP contribution in [0.15, 0.2) is 48.7 Å². The molecule has 0 aliphatic carbocycles. The number of rotatable bonds is 6. The van der Waals surface area contributed by atoms with Crippen molar-refractivity contribution in [3.8, 4) is 0 Å². The first kappa shape index (κ1) is 18.9. The third kappa shape index (κ3) is 5.29. The first-order chi connectivity index (χ1) is 13.1. The van der Waals surface area contributed by atoms with Crippen molar-refractivity contribution in [2.45, 2.75) is 19.8 Å². The van der Waals surface area contributed by atoms with Crippen molar-refractivity contribution in [1.29, 1.82) is 0 Å². The highest BCUT2D eigenvalue weighted by atomic mass is 16.2. The van der Waals surface area contributed by atoms with Gasteiger partial charge in [-0.2, -0.15) is 0 Å². The lowest BCUT2D eigenvalue weighted by atomic mass is 10.1. The first-order valence-corrected chi connectivity index (χ1v) is 9.42. The van der Waals surface area contributed by atoms with Crippen molar-refractivity contribution >= 4 is 17.6 Å². The van der Waals surface area contributed by atoms with E-state index in [-0.39, 0.29) is 11.8 Å². The Bertz CT molecular complexity index is 754. The Morgan fingerprint density at radius 1 is 1.04 bits per heavy atom. The van der Waals surface area contributed by atoms with Gasteiger partial charge in [-0.25, -0.2) is 4.98 Å². The van der Waals surface area contributed by atoms with E-state index in [9.17, 15) is 9.59 Å². The maximum absolute atomic E-state index is 12.3. The minimum Gasteiger partial charge on any atom is -0.353 e. The lowest BCUT2D eigenvalue weighted by Gasteiger charge is -2.34. The molecule has 0 radical (unpaired) electrons. The number of pyridine rings is 1. The number of hydrogen-bond donors (Lipinski definition) is 1. The molecule has 2 amide bonds. The predicted molar refractivity (Wildman–Crippen MR) is 106 cm³/mol. The van der Waals surface area contributed by atoms with Crippen molar-refractivity contribution in [3.05, 3.63) is 59.8 Å². The third-order valence-electron chi connectivity index (χ3n) is 4.83. The standard InChI is InChI=1S/C21H26N4O2/c1-17(26)24-12-14-25(15-13-24)20-10-9-19(16-23-20)21(27)22-11-5-8-18-6-3-2-4-7-18/h2-4,6-7,9-10,16H,5,8,11-15H2,1H3,(H,22,27). The Morgan fingerprint density at radius 3 is 2.41 bits per heavy atom. The summed E-state index contributed by atoms with van der Waals surface area (Å²) in [5.74, 6) is 0.865. The highest BCUT2D eigenvalue weighted by Crippen LogP contribution is 2.14. The van der Waals surface area contributed by atoms with Gasteiger partial charge in [0.25, 0.3) is 5.91 Å². The van der Waals surface area contributed by atoms with Gasteiger partial charge in [0.15, 0.2) is 0 Å². The molecule has 6 nitrogen and oxygen atoms in total. The molecule has 1 aliphatic rings. The van der Waals surface area contributed by atoms with Crippen LogP contribution in [0.4, 0.5) is 5.82 Å². The number of aryl methyl sites for hydroxylation is 1. The zero-order valence-electron chi connectivity index (χ0n) is 15.7. The number of amides is 2. The second-order valence-corrected chi connectivity index (χ2v) is 6.74.